The molecule has 0 spiro atoms. The van der Waals surface area contributed by atoms with Crippen molar-refractivity contribution < 1.29 is 17.9 Å². The van der Waals surface area contributed by atoms with Crippen LogP contribution in [0.1, 0.15) is 11.1 Å². The Balaban J connectivity index is 0.00000128. The van der Waals surface area contributed by atoms with Crippen LogP contribution in [0.4, 0.5) is 13.2 Å². The van der Waals surface area contributed by atoms with Gasteiger partial charge in [0.05, 0.1) is 5.56 Å². The van der Waals surface area contributed by atoms with E-state index in [9.17, 15) is 13.2 Å². The normalized spacial score (nSPS) is 19.4. The number of alkyl halides is 3. The van der Waals surface area contributed by atoms with Crippen molar-refractivity contribution in [3.63, 3.8) is 0 Å². The zero-order valence-electron chi connectivity index (χ0n) is 8.25. The summed E-state index contributed by atoms with van der Waals surface area (Å²) in [6.07, 6.45) is -3.88. The fourth-order valence-electron chi connectivity index (χ4n) is 1.59. The van der Waals surface area contributed by atoms with Crippen LogP contribution >= 0.6 is 12.4 Å². The van der Waals surface area contributed by atoms with Crippen molar-refractivity contribution >= 4 is 12.4 Å². The van der Waals surface area contributed by atoms with Gasteiger partial charge in [0, 0.05) is 6.04 Å². The minimum absolute atomic E-state index is 0. The quantitative estimate of drug-likeness (QED) is 0.771. The van der Waals surface area contributed by atoms with Crippen LogP contribution in [-0.4, -0.2) is 12.6 Å². The van der Waals surface area contributed by atoms with Crippen molar-refractivity contribution in [1.82, 2.24) is 0 Å². The third-order valence-corrected chi connectivity index (χ3v) is 2.32. The van der Waals surface area contributed by atoms with Gasteiger partial charge in [-0.25, -0.2) is 0 Å². The van der Waals surface area contributed by atoms with Crippen LogP contribution in [0.2, 0.25) is 0 Å². The van der Waals surface area contributed by atoms with Gasteiger partial charge in [-0.05, 0) is 30.2 Å². The number of fused-ring (bicyclic) bond motifs is 1. The van der Waals surface area contributed by atoms with Crippen LogP contribution in [0.15, 0.2) is 18.2 Å². The van der Waals surface area contributed by atoms with Gasteiger partial charge in [-0.1, -0.05) is 0 Å². The summed E-state index contributed by atoms with van der Waals surface area (Å²) in [7, 11) is 0. The third kappa shape index (κ3) is 2.59. The van der Waals surface area contributed by atoms with E-state index < -0.39 is 11.7 Å². The summed E-state index contributed by atoms with van der Waals surface area (Å²) in [5.41, 5.74) is 5.48. The lowest BCUT2D eigenvalue weighted by Gasteiger charge is -2.23. The number of benzene rings is 1. The first-order chi connectivity index (χ1) is 6.97. The second kappa shape index (κ2) is 4.51. The smallest absolute Gasteiger partial charge is 0.416 e. The molecule has 0 radical (unpaired) electrons. The number of hydrogen-bond donors (Lipinski definition) is 1. The van der Waals surface area contributed by atoms with Gasteiger partial charge in [0.1, 0.15) is 12.4 Å². The molecule has 0 bridgehead atoms. The van der Waals surface area contributed by atoms with E-state index in [1.54, 1.807) is 0 Å². The molecule has 90 valence electrons. The van der Waals surface area contributed by atoms with Crippen molar-refractivity contribution in [2.75, 3.05) is 6.61 Å². The molecule has 0 saturated carbocycles. The molecule has 2 N–H and O–H groups in total. The van der Waals surface area contributed by atoms with Crippen LogP contribution in [-0.2, 0) is 12.6 Å². The van der Waals surface area contributed by atoms with E-state index >= 15 is 0 Å². The summed E-state index contributed by atoms with van der Waals surface area (Å²) in [4.78, 5) is 0. The van der Waals surface area contributed by atoms with Crippen molar-refractivity contribution in [2.45, 2.75) is 18.6 Å². The number of hydrogen-bond acceptors (Lipinski definition) is 2. The number of rotatable bonds is 0. The molecule has 0 amide bonds. The van der Waals surface area contributed by atoms with E-state index in [2.05, 4.69) is 0 Å². The largest absolute Gasteiger partial charge is 0.492 e. The van der Waals surface area contributed by atoms with Gasteiger partial charge in [0.25, 0.3) is 0 Å². The Hall–Kier alpha value is -0.940. The summed E-state index contributed by atoms with van der Waals surface area (Å²) in [5, 5.41) is 0. The van der Waals surface area contributed by atoms with Crippen LogP contribution in [0, 0.1) is 0 Å². The van der Waals surface area contributed by atoms with Gasteiger partial charge < -0.3 is 10.5 Å². The molecule has 1 aliphatic heterocycles. The summed E-state index contributed by atoms with van der Waals surface area (Å²) in [5.74, 6) is 0.504. The zero-order valence-corrected chi connectivity index (χ0v) is 9.07. The second-order valence-corrected chi connectivity index (χ2v) is 3.60. The predicted molar refractivity (Wildman–Crippen MR) is 55.9 cm³/mol. The van der Waals surface area contributed by atoms with Crippen molar-refractivity contribution in [3.8, 4) is 5.75 Å². The molecule has 1 heterocycles. The highest BCUT2D eigenvalue weighted by atomic mass is 35.5. The Morgan fingerprint density at radius 1 is 1.31 bits per heavy atom. The average molecular weight is 254 g/mol. The van der Waals surface area contributed by atoms with E-state index in [1.165, 1.54) is 6.07 Å². The van der Waals surface area contributed by atoms with Crippen LogP contribution in [0.3, 0.4) is 0 Å². The summed E-state index contributed by atoms with van der Waals surface area (Å²) in [6.45, 7) is 0.359. The Labute approximate surface area is 97.0 Å². The van der Waals surface area contributed by atoms with E-state index in [-0.39, 0.29) is 18.4 Å². The van der Waals surface area contributed by atoms with E-state index in [1.807, 2.05) is 0 Å². The first kappa shape index (κ1) is 13.1. The van der Waals surface area contributed by atoms with Crippen molar-refractivity contribution in [1.29, 1.82) is 0 Å². The highest BCUT2D eigenvalue weighted by Gasteiger charge is 2.31. The molecule has 16 heavy (non-hydrogen) atoms. The van der Waals surface area contributed by atoms with Gasteiger partial charge in [-0.3, -0.25) is 0 Å². The van der Waals surface area contributed by atoms with Gasteiger partial charge >= 0.3 is 6.18 Å². The Bertz CT molecular complexity index is 381. The number of nitrogens with two attached hydrogens (primary N) is 1. The lowest BCUT2D eigenvalue weighted by molar-refractivity contribution is -0.137. The number of halogens is 4. The molecule has 0 fully saturated rings. The molecule has 0 saturated heterocycles. The summed E-state index contributed by atoms with van der Waals surface area (Å²) >= 11 is 0. The van der Waals surface area contributed by atoms with Crippen molar-refractivity contribution in [2.24, 2.45) is 5.73 Å². The number of ether oxygens (including phenoxy) is 1. The Morgan fingerprint density at radius 3 is 2.62 bits per heavy atom. The third-order valence-electron chi connectivity index (χ3n) is 2.32. The fourth-order valence-corrected chi connectivity index (χ4v) is 1.59. The minimum atomic E-state index is -4.31. The fraction of sp³-hybridized carbons (Fsp3) is 0.400. The van der Waals surface area contributed by atoms with Crippen LogP contribution < -0.4 is 10.5 Å². The molecule has 1 atom stereocenters. The average Bonchev–Trinajstić information content (AvgIpc) is 2.15. The maximum absolute atomic E-state index is 12.4. The second-order valence-electron chi connectivity index (χ2n) is 3.60. The molecule has 1 aromatic rings. The topological polar surface area (TPSA) is 35.2 Å². The first-order valence-electron chi connectivity index (χ1n) is 4.55. The molecular formula is C10H11ClF3NO. The van der Waals surface area contributed by atoms with Gasteiger partial charge in [0.2, 0.25) is 0 Å². The molecule has 1 aliphatic rings. The van der Waals surface area contributed by atoms with Crippen LogP contribution in [0.25, 0.3) is 0 Å². The monoisotopic (exact) mass is 253 g/mol. The maximum Gasteiger partial charge on any atom is 0.416 e. The van der Waals surface area contributed by atoms with Gasteiger partial charge in [0.15, 0.2) is 0 Å². The Kier molecular flexibility index (Phi) is 3.70. The molecule has 0 aliphatic carbocycles. The predicted octanol–water partition coefficient (Wildman–Crippen LogP) is 2.39. The van der Waals surface area contributed by atoms with Gasteiger partial charge in [-0.15, -0.1) is 12.4 Å². The molecular weight excluding hydrogens is 243 g/mol. The molecule has 1 unspecified atom stereocenters. The van der Waals surface area contributed by atoms with E-state index in [0.29, 0.717) is 24.3 Å². The molecule has 2 rings (SSSR count). The summed E-state index contributed by atoms with van der Waals surface area (Å²) in [6, 6.07) is 3.26. The lowest BCUT2D eigenvalue weighted by atomic mass is 10.0. The first-order valence-corrected chi connectivity index (χ1v) is 4.55. The van der Waals surface area contributed by atoms with Crippen molar-refractivity contribution in [3.05, 3.63) is 29.3 Å². The minimum Gasteiger partial charge on any atom is -0.492 e. The van der Waals surface area contributed by atoms with E-state index in [4.69, 9.17) is 10.5 Å². The summed E-state index contributed by atoms with van der Waals surface area (Å²) < 4.78 is 42.4. The zero-order chi connectivity index (χ0) is 11.1. The highest BCUT2D eigenvalue weighted by Crippen LogP contribution is 2.34. The standard InChI is InChI=1S/C10H10F3NO.ClH/c11-10(12,13)7-1-2-9-6(3-7)4-8(14)5-15-9;/h1-3,8H,4-5,14H2;1H. The lowest BCUT2D eigenvalue weighted by Crippen LogP contribution is -2.33. The SMILES string of the molecule is Cl.NC1COc2ccc(C(F)(F)F)cc2C1. The van der Waals surface area contributed by atoms with E-state index in [0.717, 1.165) is 12.1 Å². The molecule has 0 aromatic heterocycles. The van der Waals surface area contributed by atoms with Crippen LogP contribution in [0.5, 0.6) is 5.75 Å². The highest BCUT2D eigenvalue weighted by molar-refractivity contribution is 5.85. The maximum atomic E-state index is 12.4. The Morgan fingerprint density at radius 2 is 2.00 bits per heavy atom. The molecule has 2 nitrogen and oxygen atoms in total. The molecule has 6 heteroatoms. The van der Waals surface area contributed by atoms with Gasteiger partial charge in [-0.2, -0.15) is 13.2 Å². The molecule has 1 aromatic carbocycles.